The minimum Gasteiger partial charge on any atom is -0.243 e. The van der Waals surface area contributed by atoms with Gasteiger partial charge in [-0.1, -0.05) is 12.1 Å². The summed E-state index contributed by atoms with van der Waals surface area (Å²) in [5.41, 5.74) is 0.914. The second-order valence-electron chi connectivity index (χ2n) is 3.75. The fourth-order valence-corrected chi connectivity index (χ4v) is 1.69. The van der Waals surface area contributed by atoms with Gasteiger partial charge in [0.1, 0.15) is 11.8 Å². The molecule has 0 aliphatic rings. The number of aryl methyl sites for hydroxylation is 1. The van der Waals surface area contributed by atoms with Crippen LogP contribution >= 0.6 is 0 Å². The molecule has 0 saturated carbocycles. The van der Waals surface area contributed by atoms with Gasteiger partial charge in [0.25, 0.3) is 0 Å². The quantitative estimate of drug-likeness (QED) is 0.838. The predicted molar refractivity (Wildman–Crippen MR) is 60.4 cm³/mol. The average Bonchev–Trinajstić information content (AvgIpc) is 2.76. The zero-order valence-electron chi connectivity index (χ0n) is 9.69. The van der Waals surface area contributed by atoms with E-state index in [0.717, 1.165) is 18.6 Å². The monoisotopic (exact) mass is 248 g/mol. The van der Waals surface area contributed by atoms with Gasteiger partial charge in [-0.3, -0.25) is 0 Å². The second kappa shape index (κ2) is 4.92. The minimum atomic E-state index is -0.958. The molecule has 6 heteroatoms. The number of rotatable bonds is 3. The predicted octanol–water partition coefficient (Wildman–Crippen LogP) is 2.50. The molecule has 0 aliphatic heterocycles. The number of nitrogens with zero attached hydrogens (tertiary/aromatic N) is 4. The van der Waals surface area contributed by atoms with Crippen LogP contribution in [0.15, 0.2) is 18.2 Å². The minimum absolute atomic E-state index is 0.106. The normalized spacial score (nSPS) is 10.3. The summed E-state index contributed by atoms with van der Waals surface area (Å²) in [5, 5.41) is 16.5. The van der Waals surface area contributed by atoms with Crippen LogP contribution in [-0.4, -0.2) is 15.0 Å². The summed E-state index contributed by atoms with van der Waals surface area (Å²) in [7, 11) is 0. The molecule has 18 heavy (non-hydrogen) atoms. The zero-order chi connectivity index (χ0) is 13.1. The summed E-state index contributed by atoms with van der Waals surface area (Å²) < 4.78 is 27.6. The van der Waals surface area contributed by atoms with Gasteiger partial charge in [-0.15, -0.1) is 5.10 Å². The van der Waals surface area contributed by atoms with Crippen molar-refractivity contribution in [1.29, 1.82) is 5.26 Å². The van der Waals surface area contributed by atoms with Crippen molar-refractivity contribution in [2.45, 2.75) is 19.9 Å². The zero-order valence-corrected chi connectivity index (χ0v) is 9.69. The Kier molecular flexibility index (Phi) is 3.33. The van der Waals surface area contributed by atoms with Gasteiger partial charge in [-0.05, 0) is 24.6 Å². The molecule has 0 radical (unpaired) electrons. The standard InChI is InChI=1S/C12H10F2N4/c1-2-5-18-12(11(7-15)16-17-18)8-3-4-9(13)10(14)6-8/h3-4,6H,2,5H2,1H3. The van der Waals surface area contributed by atoms with Crippen LogP contribution in [0, 0.1) is 23.0 Å². The highest BCUT2D eigenvalue weighted by Crippen LogP contribution is 2.23. The number of aromatic nitrogens is 3. The molecule has 92 valence electrons. The smallest absolute Gasteiger partial charge is 0.190 e. The highest BCUT2D eigenvalue weighted by Gasteiger charge is 2.15. The third-order valence-electron chi connectivity index (χ3n) is 2.47. The lowest BCUT2D eigenvalue weighted by Crippen LogP contribution is -2.02. The van der Waals surface area contributed by atoms with Crippen LogP contribution in [-0.2, 0) is 6.54 Å². The van der Waals surface area contributed by atoms with E-state index in [1.807, 2.05) is 13.0 Å². The molecule has 0 saturated heterocycles. The summed E-state index contributed by atoms with van der Waals surface area (Å²) in [4.78, 5) is 0. The van der Waals surface area contributed by atoms with Crippen molar-refractivity contribution in [2.24, 2.45) is 0 Å². The molecule has 0 unspecified atom stereocenters. The number of hydrogen-bond donors (Lipinski definition) is 0. The van der Waals surface area contributed by atoms with Crippen LogP contribution in [0.5, 0.6) is 0 Å². The van der Waals surface area contributed by atoms with E-state index in [9.17, 15) is 8.78 Å². The molecule has 0 bridgehead atoms. The van der Waals surface area contributed by atoms with Gasteiger partial charge < -0.3 is 0 Å². The summed E-state index contributed by atoms with van der Waals surface area (Å²) in [6.45, 7) is 2.51. The molecule has 1 aromatic heterocycles. The van der Waals surface area contributed by atoms with Crippen LogP contribution in [0.2, 0.25) is 0 Å². The van der Waals surface area contributed by atoms with Gasteiger partial charge in [-0.25, -0.2) is 13.5 Å². The Morgan fingerprint density at radius 3 is 2.72 bits per heavy atom. The first-order valence-electron chi connectivity index (χ1n) is 5.46. The summed E-state index contributed by atoms with van der Waals surface area (Å²) >= 11 is 0. The van der Waals surface area contributed by atoms with Crippen molar-refractivity contribution in [2.75, 3.05) is 0 Å². The topological polar surface area (TPSA) is 54.5 Å². The van der Waals surface area contributed by atoms with Crippen molar-refractivity contribution < 1.29 is 8.78 Å². The lowest BCUT2D eigenvalue weighted by Gasteiger charge is -2.05. The van der Waals surface area contributed by atoms with Crippen LogP contribution in [0.25, 0.3) is 11.3 Å². The van der Waals surface area contributed by atoms with Crippen LogP contribution < -0.4 is 0 Å². The maximum absolute atomic E-state index is 13.2. The SMILES string of the molecule is CCCn1nnc(C#N)c1-c1ccc(F)c(F)c1. The molecule has 2 aromatic rings. The molecule has 0 spiro atoms. The number of halogens is 2. The number of nitriles is 1. The fourth-order valence-electron chi connectivity index (χ4n) is 1.69. The molecule has 0 amide bonds. The molecule has 2 rings (SSSR count). The third-order valence-corrected chi connectivity index (χ3v) is 2.47. The van der Waals surface area contributed by atoms with Gasteiger partial charge in [-0.2, -0.15) is 5.26 Å². The first-order valence-corrected chi connectivity index (χ1v) is 5.46. The molecule has 1 heterocycles. The van der Waals surface area contributed by atoms with Crippen LogP contribution in [0.4, 0.5) is 8.78 Å². The third kappa shape index (κ3) is 2.07. The Labute approximate surface area is 102 Å². The first kappa shape index (κ1) is 12.2. The molecule has 0 N–H and O–H groups in total. The second-order valence-corrected chi connectivity index (χ2v) is 3.75. The molecule has 0 fully saturated rings. The highest BCUT2D eigenvalue weighted by molar-refractivity contribution is 5.64. The maximum atomic E-state index is 13.2. The molecular formula is C12H10F2N4. The first-order chi connectivity index (χ1) is 8.67. The van der Waals surface area contributed by atoms with Crippen molar-refractivity contribution in [3.05, 3.63) is 35.5 Å². The molecule has 0 aliphatic carbocycles. The Balaban J connectivity index is 2.58. The summed E-state index contributed by atoms with van der Waals surface area (Å²) in [6, 6.07) is 5.37. The largest absolute Gasteiger partial charge is 0.243 e. The highest BCUT2D eigenvalue weighted by atomic mass is 19.2. The summed E-state index contributed by atoms with van der Waals surface area (Å²) in [5.74, 6) is -1.88. The Bertz CT molecular complexity index is 613. The van der Waals surface area contributed by atoms with Crippen molar-refractivity contribution in [3.63, 3.8) is 0 Å². The lowest BCUT2D eigenvalue weighted by molar-refractivity contribution is 0.508. The van der Waals surface area contributed by atoms with E-state index < -0.39 is 11.6 Å². The van der Waals surface area contributed by atoms with Gasteiger partial charge in [0.05, 0.1) is 0 Å². The van der Waals surface area contributed by atoms with E-state index in [1.54, 1.807) is 0 Å². The van der Waals surface area contributed by atoms with Gasteiger partial charge >= 0.3 is 0 Å². The molecule has 4 nitrogen and oxygen atoms in total. The van der Waals surface area contributed by atoms with Crippen molar-refractivity contribution in [3.8, 4) is 17.3 Å². The average molecular weight is 248 g/mol. The number of hydrogen-bond acceptors (Lipinski definition) is 3. The maximum Gasteiger partial charge on any atom is 0.190 e. The molecule has 1 aromatic carbocycles. The van der Waals surface area contributed by atoms with Crippen LogP contribution in [0.3, 0.4) is 0 Å². The van der Waals surface area contributed by atoms with Crippen LogP contribution in [0.1, 0.15) is 19.0 Å². The van der Waals surface area contributed by atoms with E-state index >= 15 is 0 Å². The Hall–Kier alpha value is -2.29. The summed E-state index contributed by atoms with van der Waals surface area (Å²) in [6.07, 6.45) is 0.797. The van der Waals surface area contributed by atoms with Crippen molar-refractivity contribution >= 4 is 0 Å². The van der Waals surface area contributed by atoms with Crippen molar-refractivity contribution in [1.82, 2.24) is 15.0 Å². The molecular weight excluding hydrogens is 238 g/mol. The molecule has 0 atom stereocenters. The number of benzene rings is 1. The van der Waals surface area contributed by atoms with E-state index in [0.29, 0.717) is 17.8 Å². The van der Waals surface area contributed by atoms with E-state index in [2.05, 4.69) is 10.3 Å². The Morgan fingerprint density at radius 1 is 1.33 bits per heavy atom. The Morgan fingerprint density at radius 2 is 2.11 bits per heavy atom. The van der Waals surface area contributed by atoms with E-state index in [-0.39, 0.29) is 5.69 Å². The van der Waals surface area contributed by atoms with Gasteiger partial charge in [0.15, 0.2) is 17.3 Å². The van der Waals surface area contributed by atoms with Gasteiger partial charge in [0, 0.05) is 12.1 Å². The van der Waals surface area contributed by atoms with E-state index in [4.69, 9.17) is 5.26 Å². The van der Waals surface area contributed by atoms with E-state index in [1.165, 1.54) is 10.7 Å². The fraction of sp³-hybridized carbons (Fsp3) is 0.250. The van der Waals surface area contributed by atoms with Gasteiger partial charge in [0.2, 0.25) is 0 Å². The lowest BCUT2D eigenvalue weighted by atomic mass is 10.1.